The quantitative estimate of drug-likeness (QED) is 0.184. The van der Waals surface area contributed by atoms with Crippen molar-refractivity contribution in [3.8, 4) is 11.5 Å². The maximum Gasteiger partial charge on any atom is 0.161 e. The molecule has 0 aliphatic carbocycles. The molecular formula is C37H45N3O2. The molecule has 220 valence electrons. The molecule has 0 radical (unpaired) electrons. The molecule has 1 unspecified atom stereocenters. The predicted octanol–water partition coefficient (Wildman–Crippen LogP) is 6.75. The van der Waals surface area contributed by atoms with Crippen LogP contribution in [0, 0.1) is 0 Å². The van der Waals surface area contributed by atoms with E-state index in [1.165, 1.54) is 16.8 Å². The molecule has 5 heteroatoms. The lowest BCUT2D eigenvalue weighted by Gasteiger charge is -2.35. The van der Waals surface area contributed by atoms with Crippen molar-refractivity contribution >= 4 is 5.69 Å². The van der Waals surface area contributed by atoms with E-state index in [1.54, 1.807) is 0 Å². The Balaban J connectivity index is 1.35. The zero-order valence-corrected chi connectivity index (χ0v) is 25.2. The van der Waals surface area contributed by atoms with Crippen molar-refractivity contribution in [2.75, 3.05) is 44.2 Å². The first kappa shape index (κ1) is 29.7. The van der Waals surface area contributed by atoms with Crippen LogP contribution >= 0.6 is 0 Å². The number of rotatable bonds is 14. The van der Waals surface area contributed by atoms with E-state index >= 15 is 0 Å². The maximum atomic E-state index is 6.40. The van der Waals surface area contributed by atoms with E-state index < -0.39 is 0 Å². The molecule has 4 aromatic rings. The Labute approximate surface area is 252 Å². The Hall–Kier alpha value is -3.80. The Morgan fingerprint density at radius 3 is 1.79 bits per heavy atom. The topological polar surface area (TPSA) is 37.0 Å². The zero-order valence-electron chi connectivity index (χ0n) is 25.2. The Morgan fingerprint density at radius 1 is 0.643 bits per heavy atom. The zero-order chi connectivity index (χ0) is 29.0. The van der Waals surface area contributed by atoms with Gasteiger partial charge in [-0.2, -0.15) is 0 Å². The number of ether oxygens (including phenoxy) is 2. The molecule has 0 saturated carbocycles. The van der Waals surface area contributed by atoms with E-state index in [0.717, 1.165) is 74.7 Å². The van der Waals surface area contributed by atoms with Gasteiger partial charge in [0.1, 0.15) is 13.2 Å². The monoisotopic (exact) mass is 563 g/mol. The lowest BCUT2D eigenvalue weighted by Crippen LogP contribution is -2.49. The molecule has 0 spiro atoms. The minimum Gasteiger partial charge on any atom is -0.485 e. The number of nitrogens with one attached hydrogen (secondary N) is 1. The summed E-state index contributed by atoms with van der Waals surface area (Å²) >= 11 is 0. The SMILES string of the molecule is CCN(CC)c1ccc(CC(Cc2ccc(OCc3ccccc3)c(OCc3ccccc3)c2)N2CCNCC2)cc1. The first-order valence-electron chi connectivity index (χ1n) is 15.5. The number of anilines is 1. The predicted molar refractivity (Wildman–Crippen MR) is 174 cm³/mol. The molecule has 1 N–H and O–H groups in total. The van der Waals surface area contributed by atoms with Gasteiger partial charge in [-0.15, -0.1) is 0 Å². The van der Waals surface area contributed by atoms with Crippen molar-refractivity contribution in [1.29, 1.82) is 0 Å². The van der Waals surface area contributed by atoms with Crippen LogP contribution in [0.4, 0.5) is 5.69 Å². The van der Waals surface area contributed by atoms with Gasteiger partial charge in [0.15, 0.2) is 11.5 Å². The highest BCUT2D eigenvalue weighted by Gasteiger charge is 2.22. The van der Waals surface area contributed by atoms with E-state index in [0.29, 0.717) is 19.3 Å². The lowest BCUT2D eigenvalue weighted by molar-refractivity contribution is 0.170. The third kappa shape index (κ3) is 8.37. The number of hydrogen-bond donors (Lipinski definition) is 1. The fourth-order valence-electron chi connectivity index (χ4n) is 5.74. The molecule has 5 nitrogen and oxygen atoms in total. The summed E-state index contributed by atoms with van der Waals surface area (Å²) in [5.41, 5.74) is 6.24. The van der Waals surface area contributed by atoms with Crippen LogP contribution < -0.4 is 19.7 Å². The van der Waals surface area contributed by atoms with Crippen molar-refractivity contribution < 1.29 is 9.47 Å². The Bertz CT molecular complexity index is 1330. The van der Waals surface area contributed by atoms with Crippen LogP contribution in [0.3, 0.4) is 0 Å². The molecule has 1 fully saturated rings. The smallest absolute Gasteiger partial charge is 0.161 e. The fraction of sp³-hybridized carbons (Fsp3) is 0.351. The number of hydrogen-bond acceptors (Lipinski definition) is 5. The van der Waals surface area contributed by atoms with Gasteiger partial charge < -0.3 is 19.7 Å². The van der Waals surface area contributed by atoms with Crippen molar-refractivity contribution in [3.63, 3.8) is 0 Å². The lowest BCUT2D eigenvalue weighted by atomic mass is 9.96. The third-order valence-electron chi connectivity index (χ3n) is 8.16. The van der Waals surface area contributed by atoms with Gasteiger partial charge in [0.2, 0.25) is 0 Å². The van der Waals surface area contributed by atoms with E-state index in [2.05, 4.69) is 108 Å². The van der Waals surface area contributed by atoms with Crippen LogP contribution in [0.15, 0.2) is 103 Å². The Kier molecular flexibility index (Phi) is 10.9. The molecule has 5 rings (SSSR count). The van der Waals surface area contributed by atoms with Crippen LogP contribution in [-0.2, 0) is 26.1 Å². The minimum absolute atomic E-state index is 0.407. The fourth-order valence-corrected chi connectivity index (χ4v) is 5.74. The summed E-state index contributed by atoms with van der Waals surface area (Å²) in [6.45, 7) is 11.7. The highest BCUT2D eigenvalue weighted by Crippen LogP contribution is 2.31. The summed E-state index contributed by atoms with van der Waals surface area (Å²) < 4.78 is 12.7. The van der Waals surface area contributed by atoms with Gasteiger partial charge in [0.05, 0.1) is 0 Å². The summed E-state index contributed by atoms with van der Waals surface area (Å²) in [6.07, 6.45) is 1.98. The van der Waals surface area contributed by atoms with Crippen LogP contribution in [0.1, 0.15) is 36.1 Å². The average Bonchev–Trinajstić information content (AvgIpc) is 3.05. The molecule has 1 heterocycles. The highest BCUT2D eigenvalue weighted by atomic mass is 16.5. The molecule has 1 atom stereocenters. The number of benzene rings is 4. The van der Waals surface area contributed by atoms with Crippen LogP contribution in [0.5, 0.6) is 11.5 Å². The van der Waals surface area contributed by atoms with Crippen LogP contribution in [0.2, 0.25) is 0 Å². The summed E-state index contributed by atoms with van der Waals surface area (Å²) in [5.74, 6) is 1.58. The van der Waals surface area contributed by atoms with Gasteiger partial charge in [0.25, 0.3) is 0 Å². The van der Waals surface area contributed by atoms with Gasteiger partial charge in [-0.1, -0.05) is 78.9 Å². The van der Waals surface area contributed by atoms with Gasteiger partial charge in [-0.3, -0.25) is 4.90 Å². The molecule has 0 aromatic heterocycles. The van der Waals surface area contributed by atoms with Gasteiger partial charge >= 0.3 is 0 Å². The summed E-state index contributed by atoms with van der Waals surface area (Å²) in [4.78, 5) is 5.05. The Morgan fingerprint density at radius 2 is 1.19 bits per heavy atom. The first-order valence-corrected chi connectivity index (χ1v) is 15.5. The third-order valence-corrected chi connectivity index (χ3v) is 8.16. The van der Waals surface area contributed by atoms with Crippen molar-refractivity contribution in [2.24, 2.45) is 0 Å². The van der Waals surface area contributed by atoms with Crippen molar-refractivity contribution in [3.05, 3.63) is 125 Å². The molecule has 1 aliphatic heterocycles. The summed E-state index contributed by atoms with van der Waals surface area (Å²) in [5, 5.41) is 3.52. The second-order valence-corrected chi connectivity index (χ2v) is 11.0. The maximum absolute atomic E-state index is 6.40. The van der Waals surface area contributed by atoms with Crippen molar-refractivity contribution in [1.82, 2.24) is 10.2 Å². The van der Waals surface area contributed by atoms with Gasteiger partial charge in [0, 0.05) is 51.0 Å². The average molecular weight is 564 g/mol. The highest BCUT2D eigenvalue weighted by molar-refractivity contribution is 5.48. The molecular weight excluding hydrogens is 518 g/mol. The van der Waals surface area contributed by atoms with Gasteiger partial charge in [-0.25, -0.2) is 0 Å². The molecule has 1 saturated heterocycles. The van der Waals surface area contributed by atoms with Crippen molar-refractivity contribution in [2.45, 2.75) is 45.9 Å². The number of nitrogens with zero attached hydrogens (tertiary/aromatic N) is 2. The van der Waals surface area contributed by atoms with E-state index in [4.69, 9.17) is 9.47 Å². The van der Waals surface area contributed by atoms with E-state index in [-0.39, 0.29) is 0 Å². The van der Waals surface area contributed by atoms with E-state index in [9.17, 15) is 0 Å². The summed E-state index contributed by atoms with van der Waals surface area (Å²) in [6, 6.07) is 36.7. The molecule has 1 aliphatic rings. The second-order valence-electron chi connectivity index (χ2n) is 11.0. The molecule has 4 aromatic carbocycles. The molecule has 0 bridgehead atoms. The number of piperazine rings is 1. The molecule has 0 amide bonds. The normalized spacial score (nSPS) is 14.3. The van der Waals surface area contributed by atoms with Gasteiger partial charge in [-0.05, 0) is 73.2 Å². The van der Waals surface area contributed by atoms with Crippen LogP contribution in [0.25, 0.3) is 0 Å². The standard InChI is InChI=1S/C37H45N3O2/c1-3-39(4-2)34-18-15-30(16-19-34)25-35(40-23-21-38-22-24-40)26-33-17-20-36(41-28-31-11-7-5-8-12-31)37(27-33)42-29-32-13-9-6-10-14-32/h5-20,27,35,38H,3-4,21-26,28-29H2,1-2H3. The van der Waals surface area contributed by atoms with Crippen LogP contribution in [-0.4, -0.2) is 50.2 Å². The molecule has 42 heavy (non-hydrogen) atoms. The largest absolute Gasteiger partial charge is 0.485 e. The summed E-state index contributed by atoms with van der Waals surface area (Å²) in [7, 11) is 0. The minimum atomic E-state index is 0.407. The first-order chi connectivity index (χ1) is 20.7. The van der Waals surface area contributed by atoms with E-state index in [1.807, 2.05) is 24.3 Å². The second kappa shape index (κ2) is 15.4.